The SMILES string of the molecule is Cc1cc2c3c(c1)N(c1ccc(-c4cccc5oc6ccccc6c45)cc1)c1cc4c(cc1B3c1ccc(C(C)(C)C)cc1N2c1ccc(C(C)(C)C)cc1)C(C)(C)CCC4(C)C. The van der Waals surface area contributed by atoms with Gasteiger partial charge >= 0.3 is 0 Å². The van der Waals surface area contributed by atoms with E-state index in [-0.39, 0.29) is 28.4 Å². The van der Waals surface area contributed by atoms with E-state index in [1.54, 1.807) is 0 Å². The highest BCUT2D eigenvalue weighted by atomic mass is 16.3. The van der Waals surface area contributed by atoms with Gasteiger partial charge < -0.3 is 14.2 Å². The smallest absolute Gasteiger partial charge is 0.252 e. The van der Waals surface area contributed by atoms with Crippen molar-refractivity contribution in [1.29, 1.82) is 0 Å². The third kappa shape index (κ3) is 6.15. The summed E-state index contributed by atoms with van der Waals surface area (Å²) >= 11 is 0. The maximum atomic E-state index is 6.33. The molecule has 4 heteroatoms. The molecule has 63 heavy (non-hydrogen) atoms. The molecule has 0 fully saturated rings. The van der Waals surface area contributed by atoms with Crippen LogP contribution in [0.2, 0.25) is 0 Å². The van der Waals surface area contributed by atoms with Crippen LogP contribution in [-0.4, -0.2) is 6.71 Å². The summed E-state index contributed by atoms with van der Waals surface area (Å²) in [6, 6.07) is 51.0. The van der Waals surface area contributed by atoms with Crippen molar-refractivity contribution in [3.8, 4) is 11.1 Å². The first kappa shape index (κ1) is 39.8. The highest BCUT2D eigenvalue weighted by Gasteiger charge is 2.46. The van der Waals surface area contributed by atoms with Crippen LogP contribution in [0, 0.1) is 6.92 Å². The molecule has 11 rings (SSSR count). The number of rotatable bonds is 3. The summed E-state index contributed by atoms with van der Waals surface area (Å²) in [5.41, 5.74) is 22.9. The number of para-hydroxylation sites is 1. The number of hydrogen-bond acceptors (Lipinski definition) is 3. The summed E-state index contributed by atoms with van der Waals surface area (Å²) < 4.78 is 6.33. The molecule has 0 N–H and O–H groups in total. The monoisotopic (exact) mass is 822 g/mol. The summed E-state index contributed by atoms with van der Waals surface area (Å²) in [6.07, 6.45) is 2.34. The number of aryl methyl sites for hydroxylation is 1. The van der Waals surface area contributed by atoms with E-state index in [0.717, 1.165) is 16.6 Å². The number of hydrogen-bond donors (Lipinski definition) is 0. The zero-order valence-corrected chi connectivity index (χ0v) is 39.0. The van der Waals surface area contributed by atoms with E-state index in [1.807, 2.05) is 6.07 Å². The third-order valence-corrected chi connectivity index (χ3v) is 14.9. The third-order valence-electron chi connectivity index (χ3n) is 14.9. The molecule has 0 radical (unpaired) electrons. The summed E-state index contributed by atoms with van der Waals surface area (Å²) in [5, 5.41) is 2.32. The van der Waals surface area contributed by atoms with Gasteiger partial charge in [-0.1, -0.05) is 142 Å². The molecule has 3 nitrogen and oxygen atoms in total. The van der Waals surface area contributed by atoms with Crippen LogP contribution in [0.25, 0.3) is 33.1 Å². The normalized spacial score (nSPS) is 16.2. The van der Waals surface area contributed by atoms with Crippen LogP contribution in [0.4, 0.5) is 34.1 Å². The van der Waals surface area contributed by atoms with E-state index in [9.17, 15) is 0 Å². The lowest BCUT2D eigenvalue weighted by atomic mass is 9.33. The minimum absolute atomic E-state index is 0.00676. The maximum Gasteiger partial charge on any atom is 0.252 e. The van der Waals surface area contributed by atoms with Crippen molar-refractivity contribution in [3.63, 3.8) is 0 Å². The van der Waals surface area contributed by atoms with Crippen LogP contribution in [-0.2, 0) is 21.7 Å². The zero-order chi connectivity index (χ0) is 44.0. The Morgan fingerprint density at radius 2 is 1.08 bits per heavy atom. The Morgan fingerprint density at radius 1 is 0.524 bits per heavy atom. The van der Waals surface area contributed by atoms with E-state index in [1.165, 1.54) is 108 Å². The molecule has 1 aromatic heterocycles. The van der Waals surface area contributed by atoms with Gasteiger partial charge in [-0.15, -0.1) is 0 Å². The second-order valence-corrected chi connectivity index (χ2v) is 22.2. The summed E-state index contributed by atoms with van der Waals surface area (Å²) in [6.45, 7) is 26.1. The lowest BCUT2D eigenvalue weighted by molar-refractivity contribution is 0.332. The average molecular weight is 823 g/mol. The molecule has 0 bridgehead atoms. The molecule has 0 spiro atoms. The van der Waals surface area contributed by atoms with Gasteiger partial charge in [0, 0.05) is 44.9 Å². The van der Waals surface area contributed by atoms with Crippen LogP contribution >= 0.6 is 0 Å². The number of anilines is 6. The van der Waals surface area contributed by atoms with Crippen molar-refractivity contribution in [2.75, 3.05) is 9.80 Å². The van der Waals surface area contributed by atoms with Crippen molar-refractivity contribution in [3.05, 3.63) is 161 Å². The Balaban J connectivity index is 1.18. The quantitative estimate of drug-likeness (QED) is 0.166. The first-order valence-corrected chi connectivity index (χ1v) is 23.1. The minimum atomic E-state index is -0.00676. The molecule has 2 aliphatic heterocycles. The maximum absolute atomic E-state index is 6.33. The zero-order valence-electron chi connectivity index (χ0n) is 39.0. The van der Waals surface area contributed by atoms with Crippen LogP contribution in [0.1, 0.15) is 110 Å². The largest absolute Gasteiger partial charge is 0.456 e. The fourth-order valence-corrected chi connectivity index (χ4v) is 11.1. The van der Waals surface area contributed by atoms with Crippen molar-refractivity contribution in [1.82, 2.24) is 0 Å². The van der Waals surface area contributed by atoms with E-state index in [2.05, 4.69) is 213 Å². The second kappa shape index (κ2) is 13.5. The molecule has 7 aromatic carbocycles. The molecule has 314 valence electrons. The highest BCUT2D eigenvalue weighted by Crippen LogP contribution is 2.51. The molecule has 0 amide bonds. The first-order chi connectivity index (χ1) is 29.9. The van der Waals surface area contributed by atoms with E-state index in [0.29, 0.717) is 0 Å². The van der Waals surface area contributed by atoms with E-state index in [4.69, 9.17) is 4.42 Å². The van der Waals surface area contributed by atoms with Crippen LogP contribution in [0.3, 0.4) is 0 Å². The topological polar surface area (TPSA) is 19.6 Å². The Hall–Kier alpha value is -6.00. The van der Waals surface area contributed by atoms with Gasteiger partial charge in [0.05, 0.1) is 0 Å². The summed E-state index contributed by atoms with van der Waals surface area (Å²) in [4.78, 5) is 5.18. The predicted molar refractivity (Wildman–Crippen MR) is 271 cm³/mol. The van der Waals surface area contributed by atoms with Crippen LogP contribution < -0.4 is 26.2 Å². The summed E-state index contributed by atoms with van der Waals surface area (Å²) in [5.74, 6) is 0. The summed E-state index contributed by atoms with van der Waals surface area (Å²) in [7, 11) is 0. The van der Waals surface area contributed by atoms with Gasteiger partial charge in [-0.25, -0.2) is 0 Å². The van der Waals surface area contributed by atoms with Crippen molar-refractivity contribution in [2.45, 2.75) is 111 Å². The molecule has 1 aliphatic carbocycles. The Kier molecular flexibility index (Phi) is 8.54. The Bertz CT molecular complexity index is 3150. The highest BCUT2D eigenvalue weighted by molar-refractivity contribution is 7.00. The van der Waals surface area contributed by atoms with Gasteiger partial charge in [-0.3, -0.25) is 0 Å². The molecule has 8 aromatic rings. The standard InChI is InChI=1S/C59H59BN2O/c1-36-31-50-55-51(32-36)62(40-24-19-37(20-25-40)42-16-14-18-53-54(42)43-15-12-13-17-52(43)63-53)49-35-45-44(58(8,9)29-30-59(45,10)11)34-47(49)60(55)46-28-23-39(57(5,6)7)33-48(46)61(50)41-26-21-38(22-27-41)56(2,3)4/h12-28,31-35H,29-30H2,1-11H3. The molecule has 3 heterocycles. The average Bonchev–Trinajstić information content (AvgIpc) is 3.63. The van der Waals surface area contributed by atoms with Crippen molar-refractivity contribution in [2.24, 2.45) is 0 Å². The number of fused-ring (bicyclic) bond motifs is 8. The van der Waals surface area contributed by atoms with Gasteiger partial charge in [-0.2, -0.15) is 0 Å². The fourth-order valence-electron chi connectivity index (χ4n) is 11.1. The minimum Gasteiger partial charge on any atom is -0.456 e. The number of furan rings is 1. The molecule has 3 aliphatic rings. The lowest BCUT2D eigenvalue weighted by Crippen LogP contribution is -2.62. The first-order valence-electron chi connectivity index (χ1n) is 23.1. The van der Waals surface area contributed by atoms with E-state index >= 15 is 0 Å². The van der Waals surface area contributed by atoms with Gasteiger partial charge in [0.2, 0.25) is 0 Å². The molecular weight excluding hydrogens is 763 g/mol. The molecule has 0 unspecified atom stereocenters. The molecular formula is C59H59BN2O. The fraction of sp³-hybridized carbons (Fsp3) is 0.288. The van der Waals surface area contributed by atoms with Crippen LogP contribution in [0.15, 0.2) is 138 Å². The number of benzene rings is 7. The Morgan fingerprint density at radius 3 is 1.71 bits per heavy atom. The Labute approximate surface area is 374 Å². The van der Waals surface area contributed by atoms with Gasteiger partial charge in [0.1, 0.15) is 11.2 Å². The molecule has 0 atom stereocenters. The van der Waals surface area contributed by atoms with Crippen molar-refractivity contribution >= 4 is 79.2 Å². The molecule has 0 saturated heterocycles. The number of nitrogens with zero attached hydrogens (tertiary/aromatic N) is 2. The van der Waals surface area contributed by atoms with Gasteiger partial charge in [-0.05, 0) is 157 Å². The van der Waals surface area contributed by atoms with Gasteiger partial charge in [0.15, 0.2) is 0 Å². The molecule has 0 saturated carbocycles. The lowest BCUT2D eigenvalue weighted by Gasteiger charge is -2.47. The van der Waals surface area contributed by atoms with Gasteiger partial charge in [0.25, 0.3) is 6.71 Å². The second-order valence-electron chi connectivity index (χ2n) is 22.2. The van der Waals surface area contributed by atoms with E-state index < -0.39 is 0 Å². The van der Waals surface area contributed by atoms with Crippen LogP contribution in [0.5, 0.6) is 0 Å². The predicted octanol–water partition coefficient (Wildman–Crippen LogP) is 14.6. The van der Waals surface area contributed by atoms with Crippen molar-refractivity contribution < 1.29 is 4.42 Å².